The van der Waals surface area contributed by atoms with Crippen molar-refractivity contribution in [3.8, 4) is 0 Å². The van der Waals surface area contributed by atoms with Gasteiger partial charge in [-0.25, -0.2) is 4.98 Å². The Morgan fingerprint density at radius 3 is 2.64 bits per heavy atom. The van der Waals surface area contributed by atoms with Gasteiger partial charge in [-0.15, -0.1) is 0 Å². The molecule has 0 saturated heterocycles. The molecule has 28 heavy (non-hydrogen) atoms. The fraction of sp³-hybridized carbons (Fsp3) is 0.476. The van der Waals surface area contributed by atoms with Crippen molar-refractivity contribution in [2.75, 3.05) is 23.9 Å². The lowest BCUT2D eigenvalue weighted by atomic mass is 10.2. The van der Waals surface area contributed by atoms with Crippen LogP contribution in [0.3, 0.4) is 0 Å². The van der Waals surface area contributed by atoms with Crippen molar-refractivity contribution in [1.29, 1.82) is 0 Å². The van der Waals surface area contributed by atoms with Crippen LogP contribution in [0.2, 0.25) is 0 Å². The van der Waals surface area contributed by atoms with Crippen molar-refractivity contribution >= 4 is 28.6 Å². The molecule has 2 N–H and O–H groups in total. The van der Waals surface area contributed by atoms with Crippen LogP contribution in [0.1, 0.15) is 45.1 Å². The summed E-state index contributed by atoms with van der Waals surface area (Å²) in [6, 6.07) is 10.5. The van der Waals surface area contributed by atoms with E-state index in [1.165, 1.54) is 12.8 Å². The Labute approximate surface area is 165 Å². The third-order valence-electron chi connectivity index (χ3n) is 5.63. The minimum atomic E-state index is -0.0739. The van der Waals surface area contributed by atoms with Gasteiger partial charge in [0.15, 0.2) is 17.0 Å². The van der Waals surface area contributed by atoms with Crippen LogP contribution in [-0.4, -0.2) is 44.3 Å². The Hall–Kier alpha value is -2.67. The molecule has 0 aliphatic heterocycles. The molecule has 1 aromatic carbocycles. The molecule has 1 aliphatic carbocycles. The van der Waals surface area contributed by atoms with Gasteiger partial charge in [-0.1, -0.05) is 38.0 Å². The molecule has 4 rings (SSSR count). The Morgan fingerprint density at radius 1 is 1.21 bits per heavy atom. The van der Waals surface area contributed by atoms with Gasteiger partial charge in [-0.2, -0.15) is 9.97 Å². The molecule has 0 amide bonds. The van der Waals surface area contributed by atoms with Gasteiger partial charge in [0.25, 0.3) is 0 Å². The molecular formula is C21H28N6O. The van der Waals surface area contributed by atoms with Gasteiger partial charge < -0.3 is 19.9 Å². The predicted octanol–water partition coefficient (Wildman–Crippen LogP) is 3.89. The standard InChI is InChI=1S/C21H28N6O/c1-3-15(13-28)23-21-24-19(26(2)16-9-5-4-6-10-16)18-20(25-21)27(14-22-18)17-11-7-8-12-17/h4-6,9-10,14-15,17,28H,3,7-8,11-13H2,1-2H3,(H,23,24,25)/t15-/m1/s1. The maximum Gasteiger partial charge on any atom is 0.227 e. The summed E-state index contributed by atoms with van der Waals surface area (Å²) in [5.74, 6) is 1.30. The second-order valence-electron chi connectivity index (χ2n) is 7.46. The zero-order valence-electron chi connectivity index (χ0n) is 16.5. The Bertz CT molecular complexity index is 915. The number of hydrogen-bond donors (Lipinski definition) is 2. The van der Waals surface area contributed by atoms with Gasteiger partial charge in [0.2, 0.25) is 5.95 Å². The zero-order valence-corrected chi connectivity index (χ0v) is 16.5. The number of para-hydroxylation sites is 1. The van der Waals surface area contributed by atoms with Gasteiger partial charge in [0, 0.05) is 18.8 Å². The quantitative estimate of drug-likeness (QED) is 0.647. The second-order valence-corrected chi connectivity index (χ2v) is 7.46. The summed E-state index contributed by atoms with van der Waals surface area (Å²) in [6.07, 6.45) is 7.53. The first-order chi connectivity index (χ1) is 13.7. The number of benzene rings is 1. The molecule has 1 atom stereocenters. The molecule has 7 heteroatoms. The first-order valence-electron chi connectivity index (χ1n) is 10.1. The van der Waals surface area contributed by atoms with Gasteiger partial charge in [-0.3, -0.25) is 0 Å². The molecule has 2 heterocycles. The van der Waals surface area contributed by atoms with E-state index in [9.17, 15) is 5.11 Å². The molecule has 148 valence electrons. The van der Waals surface area contributed by atoms with Crippen molar-refractivity contribution in [3.63, 3.8) is 0 Å². The van der Waals surface area contributed by atoms with Crippen molar-refractivity contribution in [2.45, 2.75) is 51.1 Å². The maximum absolute atomic E-state index is 9.60. The lowest BCUT2D eigenvalue weighted by molar-refractivity contribution is 0.271. The fourth-order valence-electron chi connectivity index (χ4n) is 3.88. The van der Waals surface area contributed by atoms with E-state index in [0.717, 1.165) is 41.9 Å². The monoisotopic (exact) mass is 380 g/mol. The molecular weight excluding hydrogens is 352 g/mol. The van der Waals surface area contributed by atoms with Gasteiger partial charge in [0.1, 0.15) is 0 Å². The van der Waals surface area contributed by atoms with E-state index in [4.69, 9.17) is 9.97 Å². The number of fused-ring (bicyclic) bond motifs is 1. The van der Waals surface area contributed by atoms with Gasteiger partial charge in [0.05, 0.1) is 19.0 Å². The number of aliphatic hydroxyl groups excluding tert-OH is 1. The van der Waals surface area contributed by atoms with Crippen molar-refractivity contribution < 1.29 is 5.11 Å². The zero-order chi connectivity index (χ0) is 19.5. The molecule has 0 unspecified atom stereocenters. The highest BCUT2D eigenvalue weighted by atomic mass is 16.3. The van der Waals surface area contributed by atoms with Crippen LogP contribution < -0.4 is 10.2 Å². The molecule has 7 nitrogen and oxygen atoms in total. The molecule has 0 spiro atoms. The molecule has 1 aliphatic rings. The summed E-state index contributed by atoms with van der Waals surface area (Å²) in [4.78, 5) is 16.3. The third kappa shape index (κ3) is 3.54. The number of hydrogen-bond acceptors (Lipinski definition) is 6. The highest BCUT2D eigenvalue weighted by Gasteiger charge is 2.23. The maximum atomic E-state index is 9.60. The Kier molecular flexibility index (Phi) is 5.43. The minimum absolute atomic E-state index is 0.0453. The summed E-state index contributed by atoms with van der Waals surface area (Å²) >= 11 is 0. The largest absolute Gasteiger partial charge is 0.394 e. The van der Waals surface area contributed by atoms with Gasteiger partial charge in [-0.05, 0) is 31.4 Å². The number of nitrogens with zero attached hydrogens (tertiary/aromatic N) is 5. The first-order valence-corrected chi connectivity index (χ1v) is 10.1. The minimum Gasteiger partial charge on any atom is -0.394 e. The van der Waals surface area contributed by atoms with Crippen LogP contribution in [0, 0.1) is 0 Å². The lowest BCUT2D eigenvalue weighted by Gasteiger charge is -2.21. The van der Waals surface area contributed by atoms with Crippen molar-refractivity contribution in [1.82, 2.24) is 19.5 Å². The lowest BCUT2D eigenvalue weighted by Crippen LogP contribution is -2.25. The average Bonchev–Trinajstić information content (AvgIpc) is 3.41. The summed E-state index contributed by atoms with van der Waals surface area (Å²) in [5.41, 5.74) is 2.70. The Morgan fingerprint density at radius 2 is 1.96 bits per heavy atom. The van der Waals surface area contributed by atoms with Gasteiger partial charge >= 0.3 is 0 Å². The van der Waals surface area contributed by atoms with Crippen molar-refractivity contribution in [2.24, 2.45) is 0 Å². The average molecular weight is 380 g/mol. The van der Waals surface area contributed by atoms with E-state index < -0.39 is 0 Å². The molecule has 0 radical (unpaired) electrons. The number of rotatable bonds is 7. The van der Waals surface area contributed by atoms with E-state index in [2.05, 4.69) is 27.0 Å². The number of imidazole rings is 1. The summed E-state index contributed by atoms with van der Waals surface area (Å²) < 4.78 is 2.21. The highest BCUT2D eigenvalue weighted by molar-refractivity contribution is 5.87. The molecule has 3 aromatic rings. The molecule has 2 aromatic heterocycles. The van der Waals surface area contributed by atoms with E-state index in [0.29, 0.717) is 12.0 Å². The van der Waals surface area contributed by atoms with E-state index in [-0.39, 0.29) is 12.6 Å². The molecule has 0 bridgehead atoms. The molecule has 1 fully saturated rings. The summed E-state index contributed by atoms with van der Waals surface area (Å²) in [7, 11) is 2.00. The van der Waals surface area contributed by atoms with Crippen LogP contribution in [-0.2, 0) is 0 Å². The van der Waals surface area contributed by atoms with E-state index >= 15 is 0 Å². The fourth-order valence-corrected chi connectivity index (χ4v) is 3.88. The summed E-state index contributed by atoms with van der Waals surface area (Å²) in [5, 5.41) is 12.9. The smallest absolute Gasteiger partial charge is 0.227 e. The Balaban J connectivity index is 1.82. The van der Waals surface area contributed by atoms with Crippen LogP contribution in [0.25, 0.3) is 11.2 Å². The first kappa shape index (κ1) is 18.7. The third-order valence-corrected chi connectivity index (χ3v) is 5.63. The van der Waals surface area contributed by atoms with Crippen LogP contribution in [0.15, 0.2) is 36.7 Å². The topological polar surface area (TPSA) is 79.1 Å². The molecule has 1 saturated carbocycles. The number of anilines is 3. The van der Waals surface area contributed by atoms with E-state index in [1.807, 2.05) is 43.4 Å². The van der Waals surface area contributed by atoms with Crippen LogP contribution in [0.5, 0.6) is 0 Å². The highest BCUT2D eigenvalue weighted by Crippen LogP contribution is 2.35. The normalized spacial score (nSPS) is 15.8. The predicted molar refractivity (Wildman–Crippen MR) is 112 cm³/mol. The second kappa shape index (κ2) is 8.14. The number of aromatic nitrogens is 4. The number of nitrogens with one attached hydrogen (secondary N) is 1. The van der Waals surface area contributed by atoms with Crippen molar-refractivity contribution in [3.05, 3.63) is 36.7 Å². The SMILES string of the molecule is CC[C@H](CO)Nc1nc(N(C)c2ccccc2)c2ncn(C3CCCC3)c2n1. The van der Waals surface area contributed by atoms with Crippen LogP contribution in [0.4, 0.5) is 17.5 Å². The summed E-state index contributed by atoms with van der Waals surface area (Å²) in [6.45, 7) is 2.08. The van der Waals surface area contributed by atoms with Crippen LogP contribution >= 0.6 is 0 Å². The number of aliphatic hydroxyl groups is 1. The van der Waals surface area contributed by atoms with E-state index in [1.54, 1.807) is 0 Å².